The lowest BCUT2D eigenvalue weighted by atomic mass is 10.0. The van der Waals surface area contributed by atoms with Crippen LogP contribution in [0, 0.1) is 11.8 Å². The van der Waals surface area contributed by atoms with E-state index in [1.54, 1.807) is 4.90 Å². The van der Waals surface area contributed by atoms with Crippen molar-refractivity contribution in [2.24, 2.45) is 0 Å². The minimum atomic E-state index is -3.09. The second-order valence-corrected chi connectivity index (χ2v) is 11.7. The molecule has 43 heavy (non-hydrogen) atoms. The van der Waals surface area contributed by atoms with Gasteiger partial charge in [-0.3, -0.25) is 18.9 Å². The predicted molar refractivity (Wildman–Crippen MR) is 163 cm³/mol. The summed E-state index contributed by atoms with van der Waals surface area (Å²) in [7, 11) is -3.09. The number of benzene rings is 2. The Bertz CT molecular complexity index is 1370. The van der Waals surface area contributed by atoms with Crippen molar-refractivity contribution in [3.63, 3.8) is 0 Å². The average molecular weight is 610 g/mol. The highest BCUT2D eigenvalue weighted by Gasteiger charge is 2.35. The summed E-state index contributed by atoms with van der Waals surface area (Å²) in [6.07, 6.45) is 4.14. The summed E-state index contributed by atoms with van der Waals surface area (Å²) in [5.74, 6) is 6.27. The van der Waals surface area contributed by atoms with Crippen LogP contribution in [-0.4, -0.2) is 64.5 Å². The molecule has 10 nitrogen and oxygen atoms in total. The van der Waals surface area contributed by atoms with Crippen LogP contribution in [0.2, 0.25) is 0 Å². The number of hydrogen-bond acceptors (Lipinski definition) is 6. The number of carbonyl (C=O) groups is 3. The molecule has 0 aromatic heterocycles. The van der Waals surface area contributed by atoms with Crippen molar-refractivity contribution in [2.75, 3.05) is 24.6 Å². The third-order valence-electron chi connectivity index (χ3n) is 7.78. The molecule has 230 valence electrons. The highest BCUT2D eigenvalue weighted by molar-refractivity contribution is 7.32. The van der Waals surface area contributed by atoms with Gasteiger partial charge < -0.3 is 29.6 Å². The minimum absolute atomic E-state index is 0.00699. The largest absolute Gasteiger partial charge is 0.394 e. The van der Waals surface area contributed by atoms with Gasteiger partial charge in [-0.25, -0.2) is 0 Å². The first-order valence-corrected chi connectivity index (χ1v) is 16.2. The number of nitrogens with one attached hydrogen (secondary N) is 1. The van der Waals surface area contributed by atoms with Crippen molar-refractivity contribution < 1.29 is 33.5 Å². The Morgan fingerprint density at radius 1 is 0.907 bits per heavy atom. The summed E-state index contributed by atoms with van der Waals surface area (Å²) in [4.78, 5) is 50.5. The zero-order valence-corrected chi connectivity index (χ0v) is 25.3. The number of rotatable bonds is 14. The van der Waals surface area contributed by atoms with Crippen molar-refractivity contribution in [1.82, 2.24) is 10.2 Å². The Morgan fingerprint density at radius 2 is 1.58 bits per heavy atom. The second kappa shape index (κ2) is 16.4. The number of nitrogens with zero attached hydrogens (tertiary/aromatic N) is 2. The third-order valence-corrected chi connectivity index (χ3v) is 8.32. The lowest BCUT2D eigenvalue weighted by molar-refractivity contribution is -0.133. The predicted octanol–water partition coefficient (Wildman–Crippen LogP) is 3.53. The van der Waals surface area contributed by atoms with Gasteiger partial charge in [0, 0.05) is 43.5 Å². The molecule has 3 N–H and O–H groups in total. The summed E-state index contributed by atoms with van der Waals surface area (Å²) in [5.41, 5.74) is 3.55. The van der Waals surface area contributed by atoms with Crippen molar-refractivity contribution in [1.29, 1.82) is 0 Å². The summed E-state index contributed by atoms with van der Waals surface area (Å²) >= 11 is 0. The van der Waals surface area contributed by atoms with Crippen LogP contribution in [0.3, 0.4) is 0 Å². The van der Waals surface area contributed by atoms with Gasteiger partial charge in [0.1, 0.15) is 0 Å². The Labute approximate surface area is 253 Å². The summed E-state index contributed by atoms with van der Waals surface area (Å²) in [6.45, 7) is 0.958. The molecule has 0 radical (unpaired) electrons. The number of aliphatic hydroxyl groups is 1. The fourth-order valence-corrected chi connectivity index (χ4v) is 5.98. The van der Waals surface area contributed by atoms with Gasteiger partial charge in [0.25, 0.3) is 0 Å². The maximum absolute atomic E-state index is 13.3. The number of likely N-dealkylation sites (tertiary alicyclic amines) is 1. The van der Waals surface area contributed by atoms with E-state index >= 15 is 0 Å². The molecule has 1 fully saturated rings. The highest BCUT2D eigenvalue weighted by Crippen LogP contribution is 2.29. The zero-order chi connectivity index (χ0) is 30.6. The Hall–Kier alpha value is -3.48. The molecule has 3 amide bonds. The lowest BCUT2D eigenvalue weighted by Gasteiger charge is -2.26. The number of amides is 3. The standard InChI is InChI=1S/C32H40N3O7P/c36-23-27-20-28(42-43(40)41)22-34(27)31(38)15-2-1-9-19-33-30(37)14-7-8-16-32(39)35-21-26-12-4-3-10-24(26)17-18-25-11-5-6-13-29(25)35/h3-6,10-13,27-28,36,43H,1-2,7-9,14-16,19-23H2,(H,33,37)(H,40,41)/t27-,28+/m0/s1. The highest BCUT2D eigenvalue weighted by atomic mass is 31.1. The summed E-state index contributed by atoms with van der Waals surface area (Å²) < 4.78 is 15.9. The van der Waals surface area contributed by atoms with Crippen LogP contribution in [0.15, 0.2) is 48.5 Å². The fourth-order valence-electron chi connectivity index (χ4n) is 5.52. The van der Waals surface area contributed by atoms with E-state index in [0.29, 0.717) is 58.0 Å². The molecule has 0 saturated carbocycles. The van der Waals surface area contributed by atoms with E-state index in [-0.39, 0.29) is 30.9 Å². The van der Waals surface area contributed by atoms with Crippen molar-refractivity contribution in [3.8, 4) is 11.8 Å². The van der Waals surface area contributed by atoms with Gasteiger partial charge in [-0.05, 0) is 55.9 Å². The molecule has 2 heterocycles. The Kier molecular flexibility index (Phi) is 12.4. The van der Waals surface area contributed by atoms with Crippen LogP contribution in [0.1, 0.15) is 74.5 Å². The Morgan fingerprint density at radius 3 is 2.37 bits per heavy atom. The van der Waals surface area contributed by atoms with Crippen molar-refractivity contribution in [2.45, 2.75) is 76.5 Å². The third kappa shape index (κ3) is 9.50. The van der Waals surface area contributed by atoms with Crippen molar-refractivity contribution >= 4 is 31.7 Å². The van der Waals surface area contributed by atoms with E-state index in [9.17, 15) is 24.1 Å². The molecule has 2 aliphatic rings. The molecule has 0 spiro atoms. The molecule has 2 aromatic carbocycles. The van der Waals surface area contributed by atoms with Gasteiger partial charge in [-0.1, -0.05) is 48.6 Å². The molecule has 2 aromatic rings. The van der Waals surface area contributed by atoms with Gasteiger partial charge >= 0.3 is 8.25 Å². The minimum Gasteiger partial charge on any atom is -0.394 e. The van der Waals surface area contributed by atoms with Gasteiger partial charge in [0.05, 0.1) is 31.0 Å². The molecule has 4 rings (SSSR count). The van der Waals surface area contributed by atoms with Crippen LogP contribution < -0.4 is 10.2 Å². The normalized spacial score (nSPS) is 18.0. The van der Waals surface area contributed by atoms with Crippen LogP contribution in [-0.2, 0) is 30.0 Å². The molecule has 0 aliphatic carbocycles. The monoisotopic (exact) mass is 609 g/mol. The van der Waals surface area contributed by atoms with Gasteiger partial charge in [-0.2, -0.15) is 0 Å². The number of anilines is 1. The topological polar surface area (TPSA) is 136 Å². The number of fused-ring (bicyclic) bond motifs is 2. The SMILES string of the molecule is O=C(CCCCC(=O)N1Cc2ccccc2C#Cc2ccccc21)NCCCCCC(=O)N1C[C@H](O[PH](=O)O)C[C@H]1CO. The van der Waals surface area contributed by atoms with E-state index in [1.807, 2.05) is 48.5 Å². The first kappa shape index (κ1) is 32.4. The van der Waals surface area contributed by atoms with Crippen LogP contribution in [0.5, 0.6) is 0 Å². The summed E-state index contributed by atoms with van der Waals surface area (Å²) in [5, 5.41) is 12.4. The van der Waals surface area contributed by atoms with E-state index < -0.39 is 20.4 Å². The molecule has 0 bridgehead atoms. The van der Waals surface area contributed by atoms with Crippen LogP contribution >= 0.6 is 8.25 Å². The molecular weight excluding hydrogens is 569 g/mol. The Balaban J connectivity index is 1.11. The number of aliphatic hydroxyl groups excluding tert-OH is 1. The zero-order valence-electron chi connectivity index (χ0n) is 24.3. The molecule has 3 atom stereocenters. The average Bonchev–Trinajstić information content (AvgIpc) is 3.40. The van der Waals surface area contributed by atoms with Crippen molar-refractivity contribution in [3.05, 3.63) is 65.2 Å². The van der Waals surface area contributed by atoms with Gasteiger partial charge in [0.2, 0.25) is 17.7 Å². The second-order valence-electron chi connectivity index (χ2n) is 10.9. The molecule has 2 aliphatic heterocycles. The van der Waals surface area contributed by atoms with Gasteiger partial charge in [0.15, 0.2) is 0 Å². The maximum Gasteiger partial charge on any atom is 0.316 e. The van der Waals surface area contributed by atoms with Crippen LogP contribution in [0.4, 0.5) is 5.69 Å². The smallest absolute Gasteiger partial charge is 0.316 e. The molecular formula is C32H40N3O7P. The molecule has 1 unspecified atom stereocenters. The lowest BCUT2D eigenvalue weighted by Crippen LogP contribution is -2.37. The number of carbonyl (C=O) groups excluding carboxylic acids is 3. The summed E-state index contributed by atoms with van der Waals surface area (Å²) in [6, 6.07) is 15.1. The number of unbranched alkanes of at least 4 members (excludes halogenated alkanes) is 3. The first-order chi connectivity index (χ1) is 20.9. The number of para-hydroxylation sites is 1. The fraction of sp³-hybridized carbons (Fsp3) is 0.469. The number of hydrogen-bond donors (Lipinski definition) is 3. The quantitative estimate of drug-likeness (QED) is 0.169. The van der Waals surface area contributed by atoms with Gasteiger partial charge in [-0.15, -0.1) is 0 Å². The van der Waals surface area contributed by atoms with E-state index in [1.165, 1.54) is 4.90 Å². The van der Waals surface area contributed by atoms with E-state index in [4.69, 9.17) is 9.42 Å². The molecule has 11 heteroatoms. The maximum atomic E-state index is 13.3. The van der Waals surface area contributed by atoms with E-state index in [2.05, 4.69) is 17.2 Å². The van der Waals surface area contributed by atoms with Crippen LogP contribution in [0.25, 0.3) is 0 Å². The van der Waals surface area contributed by atoms with E-state index in [0.717, 1.165) is 35.2 Å². The molecule has 1 saturated heterocycles. The first-order valence-electron chi connectivity index (χ1n) is 14.9.